The second-order valence-electron chi connectivity index (χ2n) is 4.84. The van der Waals surface area contributed by atoms with Gasteiger partial charge in [0, 0.05) is 20.2 Å². The number of piperazine rings is 1. The third-order valence-electron chi connectivity index (χ3n) is 3.12. The number of carbonyl (C=O) groups is 2. The van der Waals surface area contributed by atoms with Crippen LogP contribution in [-0.2, 0) is 14.3 Å². The van der Waals surface area contributed by atoms with Crippen molar-refractivity contribution in [3.05, 3.63) is 0 Å². The summed E-state index contributed by atoms with van der Waals surface area (Å²) in [6, 6.07) is -0.639. The second kappa shape index (κ2) is 5.46. The van der Waals surface area contributed by atoms with Crippen molar-refractivity contribution in [2.24, 2.45) is 0 Å². The van der Waals surface area contributed by atoms with Gasteiger partial charge < -0.3 is 15.2 Å². The maximum atomic E-state index is 11.3. The SMILES string of the molecule is COC(C)(C)CCN1CC(=O)NCC1C(=O)O. The number of rotatable bonds is 5. The maximum Gasteiger partial charge on any atom is 0.322 e. The molecule has 1 heterocycles. The summed E-state index contributed by atoms with van der Waals surface area (Å²) >= 11 is 0. The molecule has 0 aromatic carbocycles. The van der Waals surface area contributed by atoms with Gasteiger partial charge in [0.25, 0.3) is 0 Å². The molecule has 17 heavy (non-hydrogen) atoms. The minimum Gasteiger partial charge on any atom is -0.480 e. The first-order chi connectivity index (χ1) is 7.85. The van der Waals surface area contributed by atoms with Gasteiger partial charge in [0.2, 0.25) is 5.91 Å². The number of nitrogens with zero attached hydrogens (tertiary/aromatic N) is 1. The van der Waals surface area contributed by atoms with Crippen LogP contribution in [0, 0.1) is 0 Å². The number of methoxy groups -OCH3 is 1. The molecule has 0 aromatic rings. The predicted octanol–water partition coefficient (Wildman–Crippen LogP) is -0.313. The number of aliphatic carboxylic acids is 1. The molecule has 2 N–H and O–H groups in total. The van der Waals surface area contributed by atoms with Crippen LogP contribution in [0.3, 0.4) is 0 Å². The van der Waals surface area contributed by atoms with Gasteiger partial charge in [0.15, 0.2) is 0 Å². The predicted molar refractivity (Wildman–Crippen MR) is 61.7 cm³/mol. The number of carbonyl (C=O) groups excluding carboxylic acids is 1. The van der Waals surface area contributed by atoms with Crippen LogP contribution in [0.25, 0.3) is 0 Å². The quantitative estimate of drug-likeness (QED) is 0.693. The molecule has 1 aliphatic rings. The molecular weight excluding hydrogens is 224 g/mol. The van der Waals surface area contributed by atoms with Crippen molar-refractivity contribution < 1.29 is 19.4 Å². The lowest BCUT2D eigenvalue weighted by Crippen LogP contribution is -2.58. The van der Waals surface area contributed by atoms with E-state index in [4.69, 9.17) is 9.84 Å². The van der Waals surface area contributed by atoms with Crippen LogP contribution >= 0.6 is 0 Å². The summed E-state index contributed by atoms with van der Waals surface area (Å²) in [5.74, 6) is -1.03. The Morgan fingerprint density at radius 1 is 1.65 bits per heavy atom. The van der Waals surface area contributed by atoms with Gasteiger partial charge in [0.05, 0.1) is 12.1 Å². The topological polar surface area (TPSA) is 78.9 Å². The van der Waals surface area contributed by atoms with Crippen molar-refractivity contribution in [3.8, 4) is 0 Å². The van der Waals surface area contributed by atoms with Crippen LogP contribution in [0.5, 0.6) is 0 Å². The van der Waals surface area contributed by atoms with E-state index in [0.29, 0.717) is 13.0 Å². The van der Waals surface area contributed by atoms with Gasteiger partial charge >= 0.3 is 5.97 Å². The Labute approximate surface area is 101 Å². The van der Waals surface area contributed by atoms with Crippen molar-refractivity contribution >= 4 is 11.9 Å². The van der Waals surface area contributed by atoms with Gasteiger partial charge in [-0.25, -0.2) is 0 Å². The summed E-state index contributed by atoms with van der Waals surface area (Å²) in [6.07, 6.45) is 0.681. The van der Waals surface area contributed by atoms with Crippen LogP contribution in [-0.4, -0.2) is 60.3 Å². The highest BCUT2D eigenvalue weighted by Gasteiger charge is 2.32. The summed E-state index contributed by atoms with van der Waals surface area (Å²) in [5.41, 5.74) is -0.309. The average Bonchev–Trinajstić information content (AvgIpc) is 2.26. The van der Waals surface area contributed by atoms with E-state index >= 15 is 0 Å². The number of hydrogen-bond acceptors (Lipinski definition) is 4. The van der Waals surface area contributed by atoms with Gasteiger partial charge in [0.1, 0.15) is 6.04 Å². The summed E-state index contributed by atoms with van der Waals surface area (Å²) in [5, 5.41) is 11.6. The fraction of sp³-hybridized carbons (Fsp3) is 0.818. The van der Waals surface area contributed by atoms with Crippen molar-refractivity contribution in [2.75, 3.05) is 26.7 Å². The molecule has 1 amide bonds. The van der Waals surface area contributed by atoms with E-state index in [1.807, 2.05) is 13.8 Å². The van der Waals surface area contributed by atoms with Crippen LogP contribution < -0.4 is 5.32 Å². The number of nitrogens with one attached hydrogen (secondary N) is 1. The molecule has 1 saturated heterocycles. The standard InChI is InChI=1S/C11H20N2O4/c1-11(2,17-3)4-5-13-7-9(14)12-6-8(13)10(15)16/h8H,4-7H2,1-3H3,(H,12,14)(H,15,16). The first-order valence-electron chi connectivity index (χ1n) is 5.64. The molecule has 1 atom stereocenters. The van der Waals surface area contributed by atoms with E-state index in [2.05, 4.69) is 5.32 Å². The molecule has 6 nitrogen and oxygen atoms in total. The third-order valence-corrected chi connectivity index (χ3v) is 3.12. The van der Waals surface area contributed by atoms with E-state index < -0.39 is 12.0 Å². The first kappa shape index (κ1) is 13.9. The van der Waals surface area contributed by atoms with Crippen molar-refractivity contribution in [2.45, 2.75) is 31.9 Å². The smallest absolute Gasteiger partial charge is 0.322 e. The van der Waals surface area contributed by atoms with E-state index in [-0.39, 0.29) is 24.6 Å². The molecule has 6 heteroatoms. The zero-order valence-corrected chi connectivity index (χ0v) is 10.5. The normalized spacial score (nSPS) is 22.3. The lowest BCUT2D eigenvalue weighted by Gasteiger charge is -2.34. The highest BCUT2D eigenvalue weighted by atomic mass is 16.5. The lowest BCUT2D eigenvalue weighted by atomic mass is 10.0. The minimum absolute atomic E-state index is 0.127. The molecule has 0 radical (unpaired) electrons. The van der Waals surface area contributed by atoms with E-state index in [1.54, 1.807) is 12.0 Å². The Balaban J connectivity index is 2.58. The van der Waals surface area contributed by atoms with Crippen LogP contribution in [0.2, 0.25) is 0 Å². The van der Waals surface area contributed by atoms with Crippen molar-refractivity contribution in [3.63, 3.8) is 0 Å². The van der Waals surface area contributed by atoms with Crippen LogP contribution in [0.1, 0.15) is 20.3 Å². The molecular formula is C11H20N2O4. The number of carboxylic acid groups (broad SMARTS) is 1. The lowest BCUT2D eigenvalue weighted by molar-refractivity contribution is -0.146. The Hall–Kier alpha value is -1.14. The number of carboxylic acids is 1. The fourth-order valence-corrected chi connectivity index (χ4v) is 1.68. The largest absolute Gasteiger partial charge is 0.480 e. The monoisotopic (exact) mass is 244 g/mol. The van der Waals surface area contributed by atoms with Crippen LogP contribution in [0.4, 0.5) is 0 Å². The molecule has 0 spiro atoms. The fourth-order valence-electron chi connectivity index (χ4n) is 1.68. The highest BCUT2D eigenvalue weighted by molar-refractivity contribution is 5.83. The first-order valence-corrected chi connectivity index (χ1v) is 5.64. The van der Waals surface area contributed by atoms with E-state index in [1.165, 1.54) is 0 Å². The minimum atomic E-state index is -0.903. The summed E-state index contributed by atoms with van der Waals surface area (Å²) in [4.78, 5) is 24.0. The zero-order chi connectivity index (χ0) is 13.1. The van der Waals surface area contributed by atoms with Gasteiger partial charge in [-0.2, -0.15) is 0 Å². The molecule has 0 aliphatic carbocycles. The molecule has 1 unspecified atom stereocenters. The Kier molecular flexibility index (Phi) is 4.47. The van der Waals surface area contributed by atoms with Crippen LogP contribution in [0.15, 0.2) is 0 Å². The van der Waals surface area contributed by atoms with Gasteiger partial charge in [-0.1, -0.05) is 0 Å². The maximum absolute atomic E-state index is 11.3. The number of hydrogen-bond donors (Lipinski definition) is 2. The second-order valence-corrected chi connectivity index (χ2v) is 4.84. The Morgan fingerprint density at radius 2 is 2.29 bits per heavy atom. The van der Waals surface area contributed by atoms with Crippen molar-refractivity contribution in [1.29, 1.82) is 0 Å². The van der Waals surface area contributed by atoms with E-state index in [9.17, 15) is 9.59 Å². The molecule has 98 valence electrons. The summed E-state index contributed by atoms with van der Waals surface area (Å²) in [6.45, 7) is 4.71. The molecule has 0 bridgehead atoms. The summed E-state index contributed by atoms with van der Waals surface area (Å²) < 4.78 is 5.28. The Bertz CT molecular complexity index is 304. The zero-order valence-electron chi connectivity index (χ0n) is 10.5. The number of amides is 1. The molecule has 0 saturated carbocycles. The highest BCUT2D eigenvalue weighted by Crippen LogP contribution is 2.15. The third kappa shape index (κ3) is 3.98. The molecule has 0 aromatic heterocycles. The van der Waals surface area contributed by atoms with Crippen molar-refractivity contribution in [1.82, 2.24) is 10.2 Å². The van der Waals surface area contributed by atoms with Gasteiger partial charge in [-0.15, -0.1) is 0 Å². The average molecular weight is 244 g/mol. The molecule has 1 fully saturated rings. The van der Waals surface area contributed by atoms with Gasteiger partial charge in [-0.3, -0.25) is 14.5 Å². The number of ether oxygens (including phenoxy) is 1. The summed E-state index contributed by atoms with van der Waals surface area (Å²) in [7, 11) is 1.62. The Morgan fingerprint density at radius 3 is 2.82 bits per heavy atom. The van der Waals surface area contributed by atoms with E-state index in [0.717, 1.165) is 0 Å². The molecule has 1 aliphatic heterocycles. The molecule has 1 rings (SSSR count). The van der Waals surface area contributed by atoms with Gasteiger partial charge in [-0.05, 0) is 20.3 Å².